The first-order chi connectivity index (χ1) is 7.15. The Morgan fingerprint density at radius 3 is 1.44 bits per heavy atom. The third-order valence-electron chi connectivity index (χ3n) is 1.42. The molecule has 0 saturated carbocycles. The van der Waals surface area contributed by atoms with Crippen molar-refractivity contribution in [2.45, 2.75) is 0 Å². The average molecular weight is 300 g/mol. The average Bonchev–Trinajstić information content (AvgIpc) is 2.17. The van der Waals surface area contributed by atoms with E-state index in [4.69, 9.17) is 22.5 Å². The summed E-state index contributed by atoms with van der Waals surface area (Å²) >= 11 is 10.7. The van der Waals surface area contributed by atoms with E-state index in [1.165, 1.54) is 0 Å². The molecule has 0 unspecified atom stereocenters. The quantitative estimate of drug-likeness (QED) is 0.335. The molecule has 0 saturated heterocycles. The molecular weight excluding hydrogens is 297 g/mol. The lowest BCUT2D eigenvalue weighted by molar-refractivity contribution is 0.353. The van der Waals surface area contributed by atoms with Gasteiger partial charge in [0.2, 0.25) is 29.1 Å². The minimum Gasteiger partial charge on any atom is -0.308 e. The fraction of sp³-hybridized carbons (Fsp3) is 0.143. The van der Waals surface area contributed by atoms with Crippen LogP contribution in [0.25, 0.3) is 0 Å². The van der Waals surface area contributed by atoms with Crippen molar-refractivity contribution < 1.29 is 26.5 Å². The highest BCUT2D eigenvalue weighted by Gasteiger charge is 2.37. The van der Waals surface area contributed by atoms with E-state index in [0.717, 1.165) is 6.66 Å². The van der Waals surface area contributed by atoms with E-state index in [1.54, 1.807) is 0 Å². The fourth-order valence-electron chi connectivity index (χ4n) is 0.825. The normalized spacial score (nSPS) is 11.8. The Morgan fingerprint density at radius 1 is 0.812 bits per heavy atom. The molecule has 0 fully saturated rings. The van der Waals surface area contributed by atoms with E-state index < -0.39 is 41.0 Å². The van der Waals surface area contributed by atoms with Crippen LogP contribution in [0.2, 0.25) is 0 Å². The van der Waals surface area contributed by atoms with E-state index in [9.17, 15) is 22.0 Å². The highest BCUT2D eigenvalue weighted by molar-refractivity contribution is 8.13. The van der Waals surface area contributed by atoms with Crippen LogP contribution in [-0.4, -0.2) is 6.66 Å². The molecule has 0 N–H and O–H groups in total. The molecule has 0 aliphatic heterocycles. The molecule has 16 heavy (non-hydrogen) atoms. The maximum atomic E-state index is 13.0. The van der Waals surface area contributed by atoms with E-state index >= 15 is 0 Å². The summed E-state index contributed by atoms with van der Waals surface area (Å²) in [5.74, 6) is -12.2. The standard InChI is InChI=1S/C7H3Cl2F5OP/c1-16(8,9)15-7-5(13)3(11)2(10)4(12)6(7)14/h1H3/q+1. The molecule has 1 nitrogen and oxygen atoms in total. The second-order valence-electron chi connectivity index (χ2n) is 2.71. The predicted molar refractivity (Wildman–Crippen MR) is 51.4 cm³/mol. The van der Waals surface area contributed by atoms with Crippen LogP contribution in [0.3, 0.4) is 0 Å². The molecule has 9 heteroatoms. The second kappa shape index (κ2) is 4.51. The van der Waals surface area contributed by atoms with Gasteiger partial charge in [-0.25, -0.2) is 13.2 Å². The smallest absolute Gasteiger partial charge is 0.308 e. The van der Waals surface area contributed by atoms with Gasteiger partial charge in [0.05, 0.1) is 0 Å². The Bertz CT molecular complexity index is 405. The molecule has 1 rings (SSSR count). The SMILES string of the molecule is C[P+](Cl)(Cl)Oc1c(F)c(F)c(F)c(F)c1F. The summed E-state index contributed by atoms with van der Waals surface area (Å²) in [5, 5.41) is 0. The summed E-state index contributed by atoms with van der Waals surface area (Å²) in [6.07, 6.45) is -3.24. The summed E-state index contributed by atoms with van der Waals surface area (Å²) in [5.41, 5.74) is 0. The van der Waals surface area contributed by atoms with Crippen molar-refractivity contribution in [3.05, 3.63) is 29.1 Å². The number of benzene rings is 1. The molecule has 90 valence electrons. The van der Waals surface area contributed by atoms with Gasteiger partial charge in [0.1, 0.15) is 6.66 Å². The van der Waals surface area contributed by atoms with Crippen molar-refractivity contribution in [1.29, 1.82) is 0 Å². The van der Waals surface area contributed by atoms with Gasteiger partial charge in [0.15, 0.2) is 22.5 Å². The first-order valence-electron chi connectivity index (χ1n) is 3.62. The van der Waals surface area contributed by atoms with Crippen LogP contribution in [0.15, 0.2) is 0 Å². The van der Waals surface area contributed by atoms with Crippen LogP contribution < -0.4 is 4.52 Å². The number of halogens is 7. The molecule has 0 aliphatic rings. The van der Waals surface area contributed by atoms with Crippen LogP contribution in [0.1, 0.15) is 0 Å². The maximum absolute atomic E-state index is 13.0. The Hall–Kier alpha value is -0.320. The van der Waals surface area contributed by atoms with Gasteiger partial charge in [-0.1, -0.05) is 0 Å². The van der Waals surface area contributed by atoms with Gasteiger partial charge >= 0.3 is 6.19 Å². The number of rotatable bonds is 2. The molecule has 1 aromatic rings. The lowest BCUT2D eigenvalue weighted by Crippen LogP contribution is -2.04. The summed E-state index contributed by atoms with van der Waals surface area (Å²) in [6.45, 7) is 1.06. The van der Waals surface area contributed by atoms with Crippen LogP contribution in [-0.2, 0) is 0 Å². The van der Waals surface area contributed by atoms with E-state index in [1.807, 2.05) is 0 Å². The summed E-state index contributed by atoms with van der Waals surface area (Å²) in [7, 11) is 0. The Labute approximate surface area is 97.1 Å². The molecular formula is C7H3Cl2F5OP+. The monoisotopic (exact) mass is 299 g/mol. The molecule has 0 aromatic heterocycles. The minimum absolute atomic E-state index is 1.06. The van der Waals surface area contributed by atoms with Crippen LogP contribution in [0.5, 0.6) is 5.75 Å². The van der Waals surface area contributed by atoms with Crippen LogP contribution in [0, 0.1) is 29.1 Å². The number of hydrogen-bond acceptors (Lipinski definition) is 1. The van der Waals surface area contributed by atoms with Crippen molar-refractivity contribution in [3.63, 3.8) is 0 Å². The van der Waals surface area contributed by atoms with Gasteiger partial charge in [-0.3, -0.25) is 0 Å². The van der Waals surface area contributed by atoms with Crippen molar-refractivity contribution in [1.82, 2.24) is 0 Å². The van der Waals surface area contributed by atoms with E-state index in [2.05, 4.69) is 4.52 Å². The van der Waals surface area contributed by atoms with Crippen LogP contribution >= 0.6 is 28.7 Å². The third kappa shape index (κ3) is 2.67. The van der Waals surface area contributed by atoms with Gasteiger partial charge in [0, 0.05) is 0 Å². The van der Waals surface area contributed by atoms with Gasteiger partial charge in [-0.2, -0.15) is 8.78 Å². The van der Waals surface area contributed by atoms with Gasteiger partial charge in [0.25, 0.3) is 5.75 Å². The van der Waals surface area contributed by atoms with Gasteiger partial charge < -0.3 is 4.52 Å². The fourth-order valence-corrected chi connectivity index (χ4v) is 1.72. The minimum atomic E-state index is -3.24. The zero-order valence-corrected chi connectivity index (χ0v) is 9.91. The lowest BCUT2D eigenvalue weighted by atomic mass is 10.3. The van der Waals surface area contributed by atoms with Crippen molar-refractivity contribution in [3.8, 4) is 5.75 Å². The van der Waals surface area contributed by atoms with Crippen molar-refractivity contribution in [2.75, 3.05) is 6.66 Å². The Morgan fingerprint density at radius 2 is 1.12 bits per heavy atom. The van der Waals surface area contributed by atoms with Crippen molar-refractivity contribution >= 4 is 28.7 Å². The lowest BCUT2D eigenvalue weighted by Gasteiger charge is -2.08. The van der Waals surface area contributed by atoms with E-state index in [-0.39, 0.29) is 0 Å². The molecule has 0 radical (unpaired) electrons. The first kappa shape index (κ1) is 13.7. The number of hydrogen-bond donors (Lipinski definition) is 0. The first-order valence-corrected chi connectivity index (χ1v) is 7.58. The third-order valence-corrected chi connectivity index (χ3v) is 2.34. The molecule has 0 amide bonds. The van der Waals surface area contributed by atoms with Crippen molar-refractivity contribution in [2.24, 2.45) is 0 Å². The summed E-state index contributed by atoms with van der Waals surface area (Å²) < 4.78 is 68.2. The maximum Gasteiger partial charge on any atom is 0.380 e. The van der Waals surface area contributed by atoms with Gasteiger partial charge in [-0.05, 0) is 0 Å². The highest BCUT2D eigenvalue weighted by Crippen LogP contribution is 2.66. The Balaban J connectivity index is 3.40. The Kier molecular flexibility index (Phi) is 3.87. The summed E-state index contributed by atoms with van der Waals surface area (Å²) in [6, 6.07) is 0. The molecule has 1 aromatic carbocycles. The largest absolute Gasteiger partial charge is 0.380 e. The van der Waals surface area contributed by atoms with Crippen LogP contribution in [0.4, 0.5) is 22.0 Å². The van der Waals surface area contributed by atoms with Gasteiger partial charge in [-0.15, -0.1) is 0 Å². The summed E-state index contributed by atoms with van der Waals surface area (Å²) in [4.78, 5) is 0. The second-order valence-corrected chi connectivity index (χ2v) is 8.73. The zero-order chi connectivity index (χ0) is 12.7. The molecule has 0 spiro atoms. The molecule has 0 heterocycles. The van der Waals surface area contributed by atoms with E-state index in [0.29, 0.717) is 0 Å². The molecule has 0 aliphatic carbocycles. The predicted octanol–water partition coefficient (Wildman–Crippen LogP) is 4.63. The zero-order valence-electron chi connectivity index (χ0n) is 7.50. The molecule has 0 bridgehead atoms. The molecule has 0 atom stereocenters. The highest BCUT2D eigenvalue weighted by atomic mass is 35.9. The topological polar surface area (TPSA) is 9.23 Å².